The van der Waals surface area contributed by atoms with Crippen LogP contribution in [-0.4, -0.2) is 13.1 Å². The predicted molar refractivity (Wildman–Crippen MR) is 70.0 cm³/mol. The van der Waals surface area contributed by atoms with Gasteiger partial charge >= 0.3 is 5.97 Å². The van der Waals surface area contributed by atoms with E-state index in [4.69, 9.17) is 6.42 Å². The Kier molecular flexibility index (Phi) is 5.56. The van der Waals surface area contributed by atoms with Crippen LogP contribution in [0.25, 0.3) is 0 Å². The predicted octanol–water partition coefficient (Wildman–Crippen LogP) is 3.20. The van der Waals surface area contributed by atoms with Crippen molar-refractivity contribution in [2.45, 2.75) is 0 Å². The van der Waals surface area contributed by atoms with Crippen molar-refractivity contribution in [2.75, 3.05) is 7.11 Å². The second-order valence-electron chi connectivity index (χ2n) is 2.98. The number of benzene rings is 1. The zero-order chi connectivity index (χ0) is 12.5. The zero-order valence-corrected chi connectivity index (χ0v) is 10.2. The van der Waals surface area contributed by atoms with Crippen molar-refractivity contribution in [3.63, 3.8) is 0 Å². The van der Waals surface area contributed by atoms with Crippen molar-refractivity contribution in [2.24, 2.45) is 0 Å². The molecule has 1 heterocycles. The Morgan fingerprint density at radius 2 is 1.94 bits per heavy atom. The van der Waals surface area contributed by atoms with Crippen LogP contribution in [0.5, 0.6) is 0 Å². The first-order valence-corrected chi connectivity index (χ1v) is 5.79. The van der Waals surface area contributed by atoms with E-state index in [0.29, 0.717) is 5.56 Å². The van der Waals surface area contributed by atoms with Crippen molar-refractivity contribution in [1.82, 2.24) is 0 Å². The highest BCUT2D eigenvalue weighted by atomic mass is 32.1. The molecule has 0 aliphatic heterocycles. The molecular formula is C14H12O2S. The van der Waals surface area contributed by atoms with E-state index in [1.807, 2.05) is 23.6 Å². The molecule has 2 nitrogen and oxygen atoms in total. The van der Waals surface area contributed by atoms with Gasteiger partial charge in [-0.3, -0.25) is 0 Å². The van der Waals surface area contributed by atoms with Crippen LogP contribution in [0.2, 0.25) is 0 Å². The topological polar surface area (TPSA) is 26.3 Å². The fraction of sp³-hybridized carbons (Fsp3) is 0.0714. The number of carbonyl (C=O) groups excluding carboxylic acids is 1. The molecule has 0 unspecified atom stereocenters. The quantitative estimate of drug-likeness (QED) is 0.569. The summed E-state index contributed by atoms with van der Waals surface area (Å²) in [5, 5.41) is 1.97. The summed E-state index contributed by atoms with van der Waals surface area (Å²) >= 11 is 1.59. The van der Waals surface area contributed by atoms with Gasteiger partial charge in [0.1, 0.15) is 0 Å². The van der Waals surface area contributed by atoms with Crippen LogP contribution in [0.3, 0.4) is 0 Å². The molecule has 0 aliphatic carbocycles. The number of rotatable bonds is 1. The van der Waals surface area contributed by atoms with E-state index in [2.05, 4.69) is 10.7 Å². The molecule has 1 aromatic carbocycles. The minimum Gasteiger partial charge on any atom is -0.465 e. The number of carbonyl (C=O) groups is 1. The van der Waals surface area contributed by atoms with Crippen molar-refractivity contribution in [3.8, 4) is 12.3 Å². The van der Waals surface area contributed by atoms with Crippen LogP contribution in [0.1, 0.15) is 15.2 Å². The normalized spacial score (nSPS) is 8.47. The van der Waals surface area contributed by atoms with Crippen LogP contribution in [0, 0.1) is 12.3 Å². The molecule has 3 heteroatoms. The van der Waals surface area contributed by atoms with Gasteiger partial charge in [0.2, 0.25) is 0 Å². The van der Waals surface area contributed by atoms with Gasteiger partial charge < -0.3 is 4.74 Å². The number of methoxy groups -OCH3 is 1. The molecule has 0 bridgehead atoms. The van der Waals surface area contributed by atoms with Crippen molar-refractivity contribution < 1.29 is 9.53 Å². The number of thiophene rings is 1. The van der Waals surface area contributed by atoms with E-state index in [-0.39, 0.29) is 5.97 Å². The molecule has 17 heavy (non-hydrogen) atoms. The lowest BCUT2D eigenvalue weighted by Gasteiger charge is -1.95. The second-order valence-corrected chi connectivity index (χ2v) is 3.93. The average Bonchev–Trinajstić information content (AvgIpc) is 2.93. The lowest BCUT2D eigenvalue weighted by molar-refractivity contribution is 0.0601. The van der Waals surface area contributed by atoms with E-state index in [9.17, 15) is 4.79 Å². The zero-order valence-electron chi connectivity index (χ0n) is 9.42. The first-order chi connectivity index (χ1) is 8.27. The summed E-state index contributed by atoms with van der Waals surface area (Å²) in [6.07, 6.45) is 5.05. The van der Waals surface area contributed by atoms with Crippen molar-refractivity contribution in [1.29, 1.82) is 0 Å². The maximum absolute atomic E-state index is 10.8. The van der Waals surface area contributed by atoms with Gasteiger partial charge in [0.05, 0.1) is 17.6 Å². The molecule has 0 fully saturated rings. The maximum atomic E-state index is 10.8. The molecule has 0 N–H and O–H groups in total. The van der Waals surface area contributed by atoms with Crippen LogP contribution in [-0.2, 0) is 4.74 Å². The van der Waals surface area contributed by atoms with Gasteiger partial charge in [0.25, 0.3) is 0 Å². The third kappa shape index (κ3) is 4.54. The fourth-order valence-corrected chi connectivity index (χ4v) is 1.58. The number of esters is 1. The van der Waals surface area contributed by atoms with E-state index in [1.165, 1.54) is 7.11 Å². The smallest absolute Gasteiger partial charge is 0.337 e. The summed E-state index contributed by atoms with van der Waals surface area (Å²) in [6, 6.07) is 12.7. The molecule has 0 amide bonds. The highest BCUT2D eigenvalue weighted by Gasteiger charge is 2.00. The summed E-state index contributed by atoms with van der Waals surface area (Å²) in [7, 11) is 1.37. The highest BCUT2D eigenvalue weighted by Crippen LogP contribution is 2.04. The van der Waals surface area contributed by atoms with Crippen LogP contribution >= 0.6 is 11.3 Å². The molecular weight excluding hydrogens is 232 g/mol. The Morgan fingerprint density at radius 3 is 2.35 bits per heavy atom. The summed E-state index contributed by atoms with van der Waals surface area (Å²) in [5.74, 6) is 2.23. The van der Waals surface area contributed by atoms with Crippen LogP contribution in [0.15, 0.2) is 47.8 Å². The second kappa shape index (κ2) is 7.26. The lowest BCUT2D eigenvalue weighted by atomic mass is 10.2. The Hall–Kier alpha value is -2.05. The summed E-state index contributed by atoms with van der Waals surface area (Å²) in [4.78, 5) is 11.8. The Bertz CT molecular complexity index is 481. The van der Waals surface area contributed by atoms with Gasteiger partial charge in [-0.15, -0.1) is 17.8 Å². The van der Waals surface area contributed by atoms with E-state index < -0.39 is 0 Å². The summed E-state index contributed by atoms with van der Waals surface area (Å²) < 4.78 is 4.50. The maximum Gasteiger partial charge on any atom is 0.337 e. The molecule has 0 atom stereocenters. The molecule has 0 saturated heterocycles. The Morgan fingerprint density at radius 1 is 1.24 bits per heavy atom. The molecule has 2 rings (SSSR count). The number of terminal acetylenes is 1. The number of ether oxygens (including phenoxy) is 1. The largest absolute Gasteiger partial charge is 0.465 e. The third-order valence-corrected chi connectivity index (χ3v) is 2.66. The van der Waals surface area contributed by atoms with Gasteiger partial charge in [0, 0.05) is 0 Å². The number of hydrogen-bond donors (Lipinski definition) is 0. The van der Waals surface area contributed by atoms with Gasteiger partial charge in [-0.05, 0) is 23.6 Å². The van der Waals surface area contributed by atoms with Gasteiger partial charge in [0.15, 0.2) is 0 Å². The first kappa shape index (κ1) is 13.0. The average molecular weight is 244 g/mol. The van der Waals surface area contributed by atoms with Gasteiger partial charge in [-0.1, -0.05) is 30.2 Å². The SMILES string of the molecule is C#Cc1cccs1.COC(=O)c1ccccc1. The molecule has 0 radical (unpaired) electrons. The Balaban J connectivity index is 0.000000181. The molecule has 1 aromatic heterocycles. The monoisotopic (exact) mass is 244 g/mol. The highest BCUT2D eigenvalue weighted by molar-refractivity contribution is 7.10. The Labute approximate surface area is 105 Å². The van der Waals surface area contributed by atoms with E-state index >= 15 is 0 Å². The van der Waals surface area contributed by atoms with E-state index in [1.54, 1.807) is 35.6 Å². The summed E-state index contributed by atoms with van der Waals surface area (Å²) in [6.45, 7) is 0. The molecule has 0 spiro atoms. The van der Waals surface area contributed by atoms with Gasteiger partial charge in [-0.2, -0.15) is 0 Å². The standard InChI is InChI=1S/C8H8O2.C6H4S/c1-10-8(9)7-5-3-2-4-6-7;1-2-6-4-3-5-7-6/h2-6H,1H3;1,3-5H. The third-order valence-electron chi connectivity index (χ3n) is 1.86. The first-order valence-electron chi connectivity index (χ1n) is 4.91. The van der Waals surface area contributed by atoms with Crippen LogP contribution in [0.4, 0.5) is 0 Å². The number of hydrogen-bond acceptors (Lipinski definition) is 3. The molecule has 0 saturated carbocycles. The van der Waals surface area contributed by atoms with E-state index in [0.717, 1.165) is 4.88 Å². The minimum absolute atomic E-state index is 0.291. The fourth-order valence-electron chi connectivity index (χ4n) is 1.05. The van der Waals surface area contributed by atoms with Crippen molar-refractivity contribution in [3.05, 3.63) is 58.3 Å². The molecule has 86 valence electrons. The molecule has 0 aliphatic rings. The summed E-state index contributed by atoms with van der Waals surface area (Å²) in [5.41, 5.74) is 0.588. The van der Waals surface area contributed by atoms with Crippen LogP contribution < -0.4 is 0 Å². The lowest BCUT2D eigenvalue weighted by Crippen LogP contribution is -1.99. The minimum atomic E-state index is -0.291. The van der Waals surface area contributed by atoms with Gasteiger partial charge in [-0.25, -0.2) is 4.79 Å². The molecule has 2 aromatic rings. The van der Waals surface area contributed by atoms with Crippen molar-refractivity contribution >= 4 is 17.3 Å².